The number of carbonyl (C=O) groups excluding carboxylic acids is 2. The second-order valence-electron chi connectivity index (χ2n) is 9.85. The number of H-pyrrole nitrogens is 1. The van der Waals surface area contributed by atoms with Crippen molar-refractivity contribution in [3.63, 3.8) is 0 Å². The zero-order valence-corrected chi connectivity index (χ0v) is 19.9. The Morgan fingerprint density at radius 1 is 0.872 bits per heavy atom. The van der Waals surface area contributed by atoms with Gasteiger partial charge in [0.2, 0.25) is 0 Å². The molecule has 13 heteroatoms. The number of ether oxygens (including phenoxy) is 1. The van der Waals surface area contributed by atoms with Crippen LogP contribution in [0.1, 0.15) is 26.9 Å². The maximum absolute atomic E-state index is 13.4. The van der Waals surface area contributed by atoms with E-state index in [1.165, 1.54) is 34.9 Å². The van der Waals surface area contributed by atoms with E-state index in [9.17, 15) is 40.2 Å². The molecular formula is C26H22N4O9. The molecule has 2 aromatic heterocycles. The highest BCUT2D eigenvalue weighted by Gasteiger charge is 2.47. The Bertz CT molecular complexity index is 1890. The largest absolute Gasteiger partial charge is 0.508 e. The lowest BCUT2D eigenvalue weighted by atomic mass is 9.96. The molecule has 13 nitrogen and oxygen atoms in total. The van der Waals surface area contributed by atoms with Gasteiger partial charge in [-0.15, -0.1) is 0 Å². The predicted molar refractivity (Wildman–Crippen MR) is 136 cm³/mol. The van der Waals surface area contributed by atoms with E-state index in [4.69, 9.17) is 10.6 Å². The van der Waals surface area contributed by atoms with Crippen LogP contribution < -0.4 is 5.84 Å². The monoisotopic (exact) mass is 534 g/mol. The number of aromatic nitrogens is 2. The van der Waals surface area contributed by atoms with Gasteiger partial charge in [0.05, 0.1) is 34.3 Å². The molecule has 7 rings (SSSR count). The van der Waals surface area contributed by atoms with Crippen LogP contribution in [0.5, 0.6) is 11.5 Å². The van der Waals surface area contributed by atoms with Crippen molar-refractivity contribution in [1.82, 2.24) is 14.6 Å². The summed E-state index contributed by atoms with van der Waals surface area (Å²) < 4.78 is 7.39. The highest BCUT2D eigenvalue weighted by atomic mass is 16.6. The molecule has 5 aromatic rings. The fraction of sp³-hybridized carbons (Fsp3) is 0.231. The van der Waals surface area contributed by atoms with Crippen LogP contribution in [-0.4, -0.2) is 88.0 Å². The Morgan fingerprint density at radius 3 is 2.21 bits per heavy atom. The van der Waals surface area contributed by atoms with Crippen LogP contribution >= 0.6 is 0 Å². The first-order chi connectivity index (χ1) is 18.6. The van der Waals surface area contributed by atoms with Gasteiger partial charge >= 0.3 is 0 Å². The van der Waals surface area contributed by atoms with Gasteiger partial charge in [-0.05, 0) is 36.4 Å². The molecule has 3 aromatic carbocycles. The molecule has 200 valence electrons. The van der Waals surface area contributed by atoms with Gasteiger partial charge in [-0.3, -0.25) is 9.59 Å². The first-order valence-electron chi connectivity index (χ1n) is 12.0. The minimum absolute atomic E-state index is 0.00181. The zero-order chi connectivity index (χ0) is 27.5. The molecule has 2 amide bonds. The number of amides is 2. The number of nitrogens with one attached hydrogen (secondary N) is 1. The molecule has 5 atom stereocenters. The van der Waals surface area contributed by atoms with E-state index >= 15 is 0 Å². The Balaban J connectivity index is 1.73. The lowest BCUT2D eigenvalue weighted by Crippen LogP contribution is -2.56. The minimum atomic E-state index is -1.70. The fourth-order valence-electron chi connectivity index (χ4n) is 5.99. The molecule has 39 heavy (non-hydrogen) atoms. The molecule has 0 aliphatic carbocycles. The van der Waals surface area contributed by atoms with Gasteiger partial charge in [0.1, 0.15) is 35.9 Å². The maximum Gasteiger partial charge on any atom is 0.276 e. The van der Waals surface area contributed by atoms with Crippen LogP contribution in [0.2, 0.25) is 0 Å². The molecular weight excluding hydrogens is 512 g/mol. The predicted octanol–water partition coefficient (Wildman–Crippen LogP) is 0.282. The van der Waals surface area contributed by atoms with Crippen LogP contribution in [0.15, 0.2) is 36.4 Å². The molecule has 1 saturated heterocycles. The number of hydrogen-bond acceptors (Lipinski definition) is 10. The van der Waals surface area contributed by atoms with E-state index in [-0.39, 0.29) is 38.9 Å². The second-order valence-corrected chi connectivity index (χ2v) is 9.85. The van der Waals surface area contributed by atoms with Gasteiger partial charge < -0.3 is 44.9 Å². The standard InChI is InChI=1S/C26H22N4O9/c27-30-24(37)17-15-10-5-8(32)1-3-12(10)28-19(15)20-16(18(17)25(30)38)11-6-9(33)2-4-13(11)29(20)26-23(36)22(35)21(34)14(7-31)39-26/h1-6,14,21-23,26,28,31-36H,7,27H2/t14-,21-,22+,23-,26-/m1/s1. The van der Waals surface area contributed by atoms with E-state index in [0.29, 0.717) is 32.3 Å². The van der Waals surface area contributed by atoms with E-state index in [2.05, 4.69) is 4.98 Å². The van der Waals surface area contributed by atoms with Crippen LogP contribution in [-0.2, 0) is 4.74 Å². The molecule has 0 saturated carbocycles. The van der Waals surface area contributed by atoms with Crippen molar-refractivity contribution in [2.75, 3.05) is 6.61 Å². The fourth-order valence-corrected chi connectivity index (χ4v) is 5.99. The molecule has 0 bridgehead atoms. The first-order valence-corrected chi connectivity index (χ1v) is 12.0. The highest BCUT2D eigenvalue weighted by molar-refractivity contribution is 6.39. The third kappa shape index (κ3) is 2.93. The van der Waals surface area contributed by atoms with Crippen LogP contribution in [0, 0.1) is 0 Å². The normalized spacial score (nSPS) is 25.6. The smallest absolute Gasteiger partial charge is 0.276 e. The third-order valence-electron chi connectivity index (χ3n) is 7.74. The van der Waals surface area contributed by atoms with Crippen LogP contribution in [0.3, 0.4) is 0 Å². The molecule has 0 radical (unpaired) electrons. The number of fused-ring (bicyclic) bond motifs is 10. The van der Waals surface area contributed by atoms with Crippen molar-refractivity contribution < 1.29 is 45.0 Å². The van der Waals surface area contributed by atoms with Crippen molar-refractivity contribution in [3.05, 3.63) is 47.5 Å². The van der Waals surface area contributed by atoms with E-state index in [1.54, 1.807) is 6.07 Å². The first kappa shape index (κ1) is 23.8. The Morgan fingerprint density at radius 2 is 1.51 bits per heavy atom. The number of phenols is 2. The number of nitrogens with two attached hydrogens (primary N) is 1. The number of hydrogen-bond donors (Lipinski definition) is 8. The molecule has 4 heterocycles. The topological polar surface area (TPSA) is 215 Å². The van der Waals surface area contributed by atoms with E-state index in [0.717, 1.165) is 0 Å². The van der Waals surface area contributed by atoms with Gasteiger partial charge in [0.25, 0.3) is 11.8 Å². The highest BCUT2D eigenvalue weighted by Crippen LogP contribution is 2.47. The number of aromatic hydroxyl groups is 2. The average molecular weight is 534 g/mol. The van der Waals surface area contributed by atoms with Gasteiger partial charge in [-0.25, -0.2) is 10.9 Å². The van der Waals surface area contributed by atoms with Gasteiger partial charge in [0.15, 0.2) is 6.23 Å². The summed E-state index contributed by atoms with van der Waals surface area (Å²) in [6, 6.07) is 8.75. The Labute approximate surface area is 217 Å². The number of aliphatic hydroxyl groups excluding tert-OH is 4. The SMILES string of the molecule is NN1C(=O)c2c(c3c4cc(O)ccc4n([C@@H]4O[C@H](CO)[C@@H](O)[C@H](O)[C@H]4O)c3c3[nH]c4ccc(O)cc4c23)C1=O. The van der Waals surface area contributed by atoms with Crippen molar-refractivity contribution in [3.8, 4) is 11.5 Å². The number of imide groups is 1. The summed E-state index contributed by atoms with van der Waals surface area (Å²) >= 11 is 0. The quantitative estimate of drug-likeness (QED) is 0.0879. The Kier molecular flexibility index (Phi) is 4.82. The summed E-state index contributed by atoms with van der Waals surface area (Å²) in [5.74, 6) is 4.08. The number of benzene rings is 3. The molecule has 0 unspecified atom stereocenters. The number of carbonyl (C=O) groups is 2. The minimum Gasteiger partial charge on any atom is -0.508 e. The van der Waals surface area contributed by atoms with Crippen molar-refractivity contribution in [2.45, 2.75) is 30.6 Å². The van der Waals surface area contributed by atoms with Crippen LogP contribution in [0.25, 0.3) is 43.6 Å². The number of aromatic amines is 1. The molecule has 2 aliphatic heterocycles. The summed E-state index contributed by atoms with van der Waals surface area (Å²) in [6.45, 7) is -0.662. The summed E-state index contributed by atoms with van der Waals surface area (Å²) in [6.07, 6.45) is -7.60. The summed E-state index contributed by atoms with van der Waals surface area (Å²) in [5, 5.41) is 64.2. The van der Waals surface area contributed by atoms with Crippen molar-refractivity contribution in [2.24, 2.45) is 5.84 Å². The van der Waals surface area contributed by atoms with Gasteiger partial charge in [-0.1, -0.05) is 0 Å². The number of hydrazine groups is 1. The lowest BCUT2D eigenvalue weighted by molar-refractivity contribution is -0.249. The summed E-state index contributed by atoms with van der Waals surface area (Å²) in [4.78, 5) is 30.0. The second kappa shape index (κ2) is 7.89. The van der Waals surface area contributed by atoms with Crippen molar-refractivity contribution in [1.29, 1.82) is 0 Å². The molecule has 9 N–H and O–H groups in total. The zero-order valence-electron chi connectivity index (χ0n) is 19.9. The number of rotatable bonds is 2. The summed E-state index contributed by atoms with van der Waals surface area (Å²) in [5.41, 5.74) is 1.40. The summed E-state index contributed by atoms with van der Waals surface area (Å²) in [7, 11) is 0. The molecule has 0 spiro atoms. The third-order valence-corrected chi connectivity index (χ3v) is 7.74. The van der Waals surface area contributed by atoms with E-state index < -0.39 is 49.1 Å². The molecule has 2 aliphatic rings. The lowest BCUT2D eigenvalue weighted by Gasteiger charge is -2.41. The number of aliphatic hydroxyl groups is 4. The number of nitrogens with zero attached hydrogens (tertiary/aromatic N) is 2. The molecule has 1 fully saturated rings. The van der Waals surface area contributed by atoms with E-state index in [1.807, 2.05) is 0 Å². The Hall–Kier alpha value is -4.24. The maximum atomic E-state index is 13.4. The van der Waals surface area contributed by atoms with Crippen molar-refractivity contribution >= 4 is 55.4 Å². The van der Waals surface area contributed by atoms with Gasteiger partial charge in [-0.2, -0.15) is 0 Å². The average Bonchev–Trinajstić information content (AvgIpc) is 3.52. The van der Waals surface area contributed by atoms with Gasteiger partial charge in [0, 0.05) is 27.1 Å². The number of phenolic OH excluding ortho intramolecular Hbond substituents is 2. The van der Waals surface area contributed by atoms with Crippen LogP contribution in [0.4, 0.5) is 0 Å².